The molecular formula is C15H17FN2O2S. The van der Waals surface area contributed by atoms with Gasteiger partial charge in [-0.25, -0.2) is 12.8 Å². The first-order valence-electron chi connectivity index (χ1n) is 6.35. The molecule has 0 radical (unpaired) electrons. The van der Waals surface area contributed by atoms with E-state index in [9.17, 15) is 12.8 Å². The SMILES string of the molecule is Cc1cc(S(=O)(=O)N(C)c2ccccc2F)cc(N)c1C. The van der Waals surface area contributed by atoms with E-state index < -0.39 is 15.8 Å². The van der Waals surface area contributed by atoms with Crippen molar-refractivity contribution in [2.24, 2.45) is 0 Å². The summed E-state index contributed by atoms with van der Waals surface area (Å²) in [5, 5.41) is 0. The van der Waals surface area contributed by atoms with Crippen LogP contribution in [0.25, 0.3) is 0 Å². The predicted molar refractivity (Wildman–Crippen MR) is 82.3 cm³/mol. The van der Waals surface area contributed by atoms with Crippen LogP contribution in [0.15, 0.2) is 41.3 Å². The fourth-order valence-corrected chi connectivity index (χ4v) is 3.32. The average molecular weight is 308 g/mol. The summed E-state index contributed by atoms with van der Waals surface area (Å²) in [5.74, 6) is -0.597. The molecule has 0 atom stereocenters. The third kappa shape index (κ3) is 2.71. The molecule has 2 N–H and O–H groups in total. The van der Waals surface area contributed by atoms with Crippen LogP contribution in [0.2, 0.25) is 0 Å². The van der Waals surface area contributed by atoms with Crippen LogP contribution in [0.4, 0.5) is 15.8 Å². The Morgan fingerprint density at radius 1 is 1.14 bits per heavy atom. The van der Waals surface area contributed by atoms with E-state index >= 15 is 0 Å². The van der Waals surface area contributed by atoms with E-state index in [1.165, 1.54) is 31.3 Å². The Bertz CT molecular complexity index is 765. The molecule has 0 fully saturated rings. The third-order valence-electron chi connectivity index (χ3n) is 3.53. The molecule has 2 rings (SSSR count). The van der Waals surface area contributed by atoms with Gasteiger partial charge >= 0.3 is 0 Å². The number of nitrogens with zero attached hydrogens (tertiary/aromatic N) is 1. The lowest BCUT2D eigenvalue weighted by Crippen LogP contribution is -2.27. The van der Waals surface area contributed by atoms with Gasteiger partial charge in [0.2, 0.25) is 0 Å². The van der Waals surface area contributed by atoms with Crippen LogP contribution in [0.5, 0.6) is 0 Å². The minimum Gasteiger partial charge on any atom is -0.398 e. The van der Waals surface area contributed by atoms with E-state index in [4.69, 9.17) is 5.73 Å². The van der Waals surface area contributed by atoms with Crippen molar-refractivity contribution in [2.45, 2.75) is 18.7 Å². The number of aryl methyl sites for hydroxylation is 1. The van der Waals surface area contributed by atoms with Crippen molar-refractivity contribution in [1.29, 1.82) is 0 Å². The number of anilines is 2. The van der Waals surface area contributed by atoms with E-state index in [2.05, 4.69) is 0 Å². The van der Waals surface area contributed by atoms with Gasteiger partial charge in [0.1, 0.15) is 5.82 Å². The van der Waals surface area contributed by atoms with Gasteiger partial charge < -0.3 is 5.73 Å². The van der Waals surface area contributed by atoms with Crippen molar-refractivity contribution < 1.29 is 12.8 Å². The fraction of sp³-hybridized carbons (Fsp3) is 0.200. The highest BCUT2D eigenvalue weighted by molar-refractivity contribution is 7.92. The first kappa shape index (κ1) is 15.3. The number of nitrogens with two attached hydrogens (primary N) is 1. The van der Waals surface area contributed by atoms with Crippen molar-refractivity contribution >= 4 is 21.4 Å². The highest BCUT2D eigenvalue weighted by Gasteiger charge is 2.24. The van der Waals surface area contributed by atoms with Gasteiger partial charge in [-0.05, 0) is 49.2 Å². The first-order chi connectivity index (χ1) is 9.75. The van der Waals surface area contributed by atoms with Gasteiger partial charge in [0.15, 0.2) is 0 Å². The summed E-state index contributed by atoms with van der Waals surface area (Å²) >= 11 is 0. The largest absolute Gasteiger partial charge is 0.398 e. The Hall–Kier alpha value is -2.08. The number of sulfonamides is 1. The molecule has 0 saturated heterocycles. The fourth-order valence-electron chi connectivity index (χ4n) is 2.00. The molecule has 6 heteroatoms. The van der Waals surface area contributed by atoms with Crippen LogP contribution in [0.1, 0.15) is 11.1 Å². The van der Waals surface area contributed by atoms with E-state index in [-0.39, 0.29) is 10.6 Å². The number of benzene rings is 2. The standard InChI is InChI=1S/C15H17FN2O2S/c1-10-8-12(9-14(17)11(10)2)21(19,20)18(3)15-7-5-4-6-13(15)16/h4-9H,17H2,1-3H3. The molecule has 4 nitrogen and oxygen atoms in total. The predicted octanol–water partition coefficient (Wildman–Crippen LogP) is 2.85. The monoisotopic (exact) mass is 308 g/mol. The number of hydrogen-bond acceptors (Lipinski definition) is 3. The van der Waals surface area contributed by atoms with Gasteiger partial charge in [-0.1, -0.05) is 12.1 Å². The van der Waals surface area contributed by atoms with Gasteiger partial charge in [0, 0.05) is 12.7 Å². The second-order valence-electron chi connectivity index (χ2n) is 4.88. The maximum Gasteiger partial charge on any atom is 0.264 e. The summed E-state index contributed by atoms with van der Waals surface area (Å²) < 4.78 is 39.9. The van der Waals surface area contributed by atoms with Crippen molar-refractivity contribution in [3.8, 4) is 0 Å². The number of nitrogen functional groups attached to an aromatic ring is 1. The molecule has 0 saturated carbocycles. The minimum absolute atomic E-state index is 0.00528. The number of hydrogen-bond donors (Lipinski definition) is 1. The zero-order valence-electron chi connectivity index (χ0n) is 12.1. The smallest absolute Gasteiger partial charge is 0.264 e. The summed E-state index contributed by atoms with van der Waals surface area (Å²) in [6, 6.07) is 8.66. The topological polar surface area (TPSA) is 63.4 Å². The van der Waals surface area contributed by atoms with Crippen molar-refractivity contribution in [3.05, 3.63) is 53.3 Å². The molecule has 112 valence electrons. The van der Waals surface area contributed by atoms with Crippen LogP contribution in [0, 0.1) is 19.7 Å². The summed E-state index contributed by atoms with van der Waals surface area (Å²) in [5.41, 5.74) is 7.83. The lowest BCUT2D eigenvalue weighted by atomic mass is 10.1. The quantitative estimate of drug-likeness (QED) is 0.887. The molecule has 2 aromatic carbocycles. The molecule has 0 aromatic heterocycles. The Kier molecular flexibility index (Phi) is 3.91. The van der Waals surface area contributed by atoms with Gasteiger partial charge in [0.25, 0.3) is 10.0 Å². The molecule has 0 spiro atoms. The summed E-state index contributed by atoms with van der Waals surface area (Å²) in [7, 11) is -2.54. The van der Waals surface area contributed by atoms with Crippen LogP contribution < -0.4 is 10.0 Å². The normalized spacial score (nSPS) is 11.4. The number of rotatable bonds is 3. The van der Waals surface area contributed by atoms with Gasteiger partial charge in [-0.2, -0.15) is 0 Å². The lowest BCUT2D eigenvalue weighted by Gasteiger charge is -2.21. The first-order valence-corrected chi connectivity index (χ1v) is 7.79. The maximum absolute atomic E-state index is 13.8. The molecule has 0 aliphatic carbocycles. The van der Waals surface area contributed by atoms with Gasteiger partial charge in [-0.3, -0.25) is 4.31 Å². The Morgan fingerprint density at radius 3 is 2.33 bits per heavy atom. The summed E-state index contributed by atoms with van der Waals surface area (Å²) in [6.45, 7) is 3.61. The number of halogens is 1. The van der Waals surface area contributed by atoms with Crippen LogP contribution in [-0.4, -0.2) is 15.5 Å². The second kappa shape index (κ2) is 5.37. The average Bonchev–Trinajstić information content (AvgIpc) is 2.44. The maximum atomic E-state index is 13.8. The van der Waals surface area contributed by atoms with Crippen LogP contribution >= 0.6 is 0 Å². The Morgan fingerprint density at radius 2 is 1.76 bits per heavy atom. The highest BCUT2D eigenvalue weighted by atomic mass is 32.2. The van der Waals surface area contributed by atoms with E-state index in [0.29, 0.717) is 5.69 Å². The highest BCUT2D eigenvalue weighted by Crippen LogP contribution is 2.27. The van der Waals surface area contributed by atoms with E-state index in [0.717, 1.165) is 15.4 Å². The van der Waals surface area contributed by atoms with Crippen molar-refractivity contribution in [3.63, 3.8) is 0 Å². The molecule has 0 unspecified atom stereocenters. The Balaban J connectivity index is 2.55. The molecule has 0 aliphatic rings. The summed E-state index contributed by atoms with van der Waals surface area (Å²) in [4.78, 5) is 0.0499. The molecule has 0 aliphatic heterocycles. The second-order valence-corrected chi connectivity index (χ2v) is 6.85. The van der Waals surface area contributed by atoms with Gasteiger partial charge in [-0.15, -0.1) is 0 Å². The molecule has 2 aromatic rings. The van der Waals surface area contributed by atoms with E-state index in [1.54, 1.807) is 19.1 Å². The third-order valence-corrected chi connectivity index (χ3v) is 5.28. The minimum atomic E-state index is -3.86. The van der Waals surface area contributed by atoms with Gasteiger partial charge in [0.05, 0.1) is 10.6 Å². The molecule has 21 heavy (non-hydrogen) atoms. The van der Waals surface area contributed by atoms with Crippen molar-refractivity contribution in [2.75, 3.05) is 17.1 Å². The number of para-hydroxylation sites is 1. The summed E-state index contributed by atoms with van der Waals surface area (Å²) in [6.07, 6.45) is 0. The molecule has 0 bridgehead atoms. The zero-order valence-corrected chi connectivity index (χ0v) is 12.9. The zero-order chi connectivity index (χ0) is 15.8. The van der Waals surface area contributed by atoms with Crippen molar-refractivity contribution in [1.82, 2.24) is 0 Å². The molecular weight excluding hydrogens is 291 g/mol. The lowest BCUT2D eigenvalue weighted by molar-refractivity contribution is 0.589. The van der Waals surface area contributed by atoms with E-state index in [1.807, 2.05) is 6.92 Å². The van der Waals surface area contributed by atoms with Crippen LogP contribution in [-0.2, 0) is 10.0 Å². The Labute approximate surface area is 124 Å². The van der Waals surface area contributed by atoms with Crippen LogP contribution in [0.3, 0.4) is 0 Å². The molecule has 0 heterocycles. The molecule has 0 amide bonds.